The average molecular weight is 432 g/mol. The molecule has 0 spiro atoms. The van der Waals surface area contributed by atoms with Crippen LogP contribution in [-0.2, 0) is 37.5 Å². The summed E-state index contributed by atoms with van der Waals surface area (Å²) in [6.45, 7) is 9.39. The van der Waals surface area contributed by atoms with E-state index in [9.17, 15) is 9.59 Å². The third kappa shape index (κ3) is 5.45. The first kappa shape index (κ1) is 22.5. The third-order valence-corrected chi connectivity index (χ3v) is 3.99. The number of benzene rings is 1. The number of hydrogen-bond acceptors (Lipinski definition) is 4. The van der Waals surface area contributed by atoms with Crippen LogP contribution in [0.2, 0.25) is 0 Å². The number of Topliss-reactive ketones (excluding diaryl/α,β-unsaturated/α-hetero) is 1. The van der Waals surface area contributed by atoms with E-state index in [2.05, 4.69) is 0 Å². The fourth-order valence-corrected chi connectivity index (χ4v) is 2.20. The summed E-state index contributed by atoms with van der Waals surface area (Å²) in [7, 11) is 0. The summed E-state index contributed by atoms with van der Waals surface area (Å²) in [5, 5.41) is 8.94. The van der Waals surface area contributed by atoms with Gasteiger partial charge in [0.25, 0.3) is 0 Å². The van der Waals surface area contributed by atoms with Crippen LogP contribution < -0.4 is 4.74 Å². The monoisotopic (exact) mass is 432 g/mol. The largest absolute Gasteiger partial charge is 0.487 e. The molecule has 5 nitrogen and oxygen atoms in total. The van der Waals surface area contributed by atoms with Crippen LogP contribution in [0.4, 0.5) is 0 Å². The molecule has 2 rings (SSSR count). The normalized spacial score (nSPS) is 10.8. The second-order valence-electron chi connectivity index (χ2n) is 7.04. The third-order valence-electron chi connectivity index (χ3n) is 3.99. The SMILES string of the molecule is Cc1cc([C-](C)c2ccc(C(=O)O)o2)ccc1OCC(=O)C(C)(C)C.[Y]. The molecule has 0 atom stereocenters. The van der Waals surface area contributed by atoms with Crippen molar-refractivity contribution in [1.82, 2.24) is 0 Å². The summed E-state index contributed by atoms with van der Waals surface area (Å²) in [5.41, 5.74) is 1.36. The van der Waals surface area contributed by atoms with Crippen molar-refractivity contribution >= 4 is 11.8 Å². The molecule has 26 heavy (non-hydrogen) atoms. The standard InChI is InChI=1S/C20H23O5.Y/c1-12-10-14(13(2)16-8-9-17(25-16)19(22)23)6-7-15(12)24-11-18(21)20(3,4)5;/h6-10H,11H2,1-5H3,(H,22,23);/q-1;. The summed E-state index contributed by atoms with van der Waals surface area (Å²) >= 11 is 0. The van der Waals surface area contributed by atoms with Gasteiger partial charge in [-0.05, 0) is 13.0 Å². The predicted octanol–water partition coefficient (Wildman–Crippen LogP) is 4.27. The van der Waals surface area contributed by atoms with Crippen LogP contribution in [0.5, 0.6) is 5.75 Å². The van der Waals surface area contributed by atoms with Gasteiger partial charge >= 0.3 is 5.97 Å². The first-order chi connectivity index (χ1) is 11.6. The first-order valence-corrected chi connectivity index (χ1v) is 8.04. The molecule has 1 radical (unpaired) electrons. The van der Waals surface area contributed by atoms with Crippen molar-refractivity contribution in [1.29, 1.82) is 0 Å². The van der Waals surface area contributed by atoms with Crippen LogP contribution in [0.15, 0.2) is 34.7 Å². The minimum atomic E-state index is -1.09. The van der Waals surface area contributed by atoms with Crippen LogP contribution in [0.1, 0.15) is 55.1 Å². The fourth-order valence-electron chi connectivity index (χ4n) is 2.20. The number of carboxylic acids is 1. The van der Waals surface area contributed by atoms with E-state index in [1.165, 1.54) is 6.07 Å². The Balaban J connectivity index is 0.00000338. The Morgan fingerprint density at radius 3 is 2.35 bits per heavy atom. The van der Waals surface area contributed by atoms with Gasteiger partial charge in [0, 0.05) is 38.1 Å². The van der Waals surface area contributed by atoms with Gasteiger partial charge in [0.05, 0.1) is 5.76 Å². The quantitative estimate of drug-likeness (QED) is 0.690. The van der Waals surface area contributed by atoms with Gasteiger partial charge in [-0.1, -0.05) is 51.3 Å². The number of rotatable bonds is 6. The number of carboxylic acid groups (broad SMARTS) is 1. The smallest absolute Gasteiger partial charge is 0.370 e. The second-order valence-corrected chi connectivity index (χ2v) is 7.04. The van der Waals surface area contributed by atoms with E-state index in [0.29, 0.717) is 11.5 Å². The summed E-state index contributed by atoms with van der Waals surface area (Å²) in [6, 6.07) is 8.67. The predicted molar refractivity (Wildman–Crippen MR) is 93.9 cm³/mol. The number of hydrogen-bond donors (Lipinski definition) is 1. The summed E-state index contributed by atoms with van der Waals surface area (Å²) in [5.74, 6) is 0.839. The van der Waals surface area contributed by atoms with Crippen LogP contribution in [0.25, 0.3) is 0 Å². The number of ether oxygens (including phenoxy) is 1. The zero-order valence-electron chi connectivity index (χ0n) is 15.8. The van der Waals surface area contributed by atoms with Gasteiger partial charge in [-0.25, -0.2) is 4.79 Å². The molecule has 0 saturated heterocycles. The maximum atomic E-state index is 12.0. The van der Waals surface area contributed by atoms with E-state index in [1.54, 1.807) is 6.07 Å². The molecule has 1 aromatic heterocycles. The van der Waals surface area contributed by atoms with Crippen LogP contribution in [0, 0.1) is 18.3 Å². The molecule has 0 unspecified atom stereocenters. The molecule has 1 aromatic carbocycles. The van der Waals surface area contributed by atoms with Crippen molar-refractivity contribution in [3.8, 4) is 5.75 Å². The molecule has 137 valence electrons. The van der Waals surface area contributed by atoms with Gasteiger partial charge < -0.3 is 14.3 Å². The summed E-state index contributed by atoms with van der Waals surface area (Å²) < 4.78 is 11.0. The van der Waals surface area contributed by atoms with E-state index >= 15 is 0 Å². The minimum absolute atomic E-state index is 0. The average Bonchev–Trinajstić information content (AvgIpc) is 3.01. The van der Waals surface area contributed by atoms with Crippen molar-refractivity contribution in [3.63, 3.8) is 0 Å². The van der Waals surface area contributed by atoms with E-state index in [-0.39, 0.29) is 50.9 Å². The van der Waals surface area contributed by atoms with E-state index in [4.69, 9.17) is 14.3 Å². The van der Waals surface area contributed by atoms with Crippen molar-refractivity contribution in [2.24, 2.45) is 5.41 Å². The maximum Gasteiger partial charge on any atom is 0.370 e. The number of carbonyl (C=O) groups is 2. The van der Waals surface area contributed by atoms with E-state index in [0.717, 1.165) is 17.0 Å². The Morgan fingerprint density at radius 2 is 1.85 bits per heavy atom. The molecule has 0 fully saturated rings. The number of aryl methyl sites for hydroxylation is 1. The number of furan rings is 1. The molecule has 0 aliphatic heterocycles. The fraction of sp³-hybridized carbons (Fsp3) is 0.350. The number of ketones is 1. The van der Waals surface area contributed by atoms with Gasteiger partial charge in [-0.3, -0.25) is 4.79 Å². The number of aromatic carboxylic acids is 1. The topological polar surface area (TPSA) is 76.7 Å². The Morgan fingerprint density at radius 1 is 1.19 bits per heavy atom. The molecule has 1 heterocycles. The Bertz CT molecular complexity index is 786. The van der Waals surface area contributed by atoms with Crippen molar-refractivity contribution in [3.05, 3.63) is 58.9 Å². The molecule has 0 amide bonds. The molecule has 1 N–H and O–H groups in total. The molecule has 0 aliphatic carbocycles. The summed E-state index contributed by atoms with van der Waals surface area (Å²) in [4.78, 5) is 22.9. The minimum Gasteiger partial charge on any atom is -0.487 e. The van der Waals surface area contributed by atoms with E-state index < -0.39 is 11.4 Å². The van der Waals surface area contributed by atoms with Gasteiger partial charge in [-0.2, -0.15) is 0 Å². The molecule has 6 heteroatoms. The van der Waals surface area contributed by atoms with Crippen molar-refractivity contribution < 1.29 is 56.6 Å². The van der Waals surface area contributed by atoms with Gasteiger partial charge in [-0.15, -0.1) is 17.7 Å². The molecular formula is C20H23O5Y-. The molecular weight excluding hydrogens is 409 g/mol. The Hall–Kier alpha value is -1.59. The Kier molecular flexibility index (Phi) is 7.66. The molecule has 2 aromatic rings. The van der Waals surface area contributed by atoms with Crippen LogP contribution in [0.3, 0.4) is 0 Å². The van der Waals surface area contributed by atoms with Gasteiger partial charge in [0.15, 0.2) is 5.78 Å². The van der Waals surface area contributed by atoms with Crippen molar-refractivity contribution in [2.75, 3.05) is 6.61 Å². The van der Waals surface area contributed by atoms with Gasteiger partial charge in [0.1, 0.15) is 12.4 Å². The van der Waals surface area contributed by atoms with Crippen molar-refractivity contribution in [2.45, 2.75) is 34.6 Å². The second kappa shape index (κ2) is 8.87. The summed E-state index contributed by atoms with van der Waals surface area (Å²) in [6.07, 6.45) is 0. The number of carbonyl (C=O) groups excluding carboxylic acids is 1. The van der Waals surface area contributed by atoms with Crippen LogP contribution in [-0.4, -0.2) is 23.5 Å². The molecule has 0 bridgehead atoms. The zero-order chi connectivity index (χ0) is 18.8. The van der Waals surface area contributed by atoms with Gasteiger partial charge in [0.2, 0.25) is 5.76 Å². The first-order valence-electron chi connectivity index (χ1n) is 8.04. The van der Waals surface area contributed by atoms with Crippen LogP contribution >= 0.6 is 0 Å². The maximum absolute atomic E-state index is 12.0. The Labute approximate surface area is 179 Å². The van der Waals surface area contributed by atoms with E-state index in [1.807, 2.05) is 52.8 Å². The molecule has 0 saturated carbocycles. The zero-order valence-corrected chi connectivity index (χ0v) is 18.6. The molecule has 0 aliphatic rings.